The number of thiocarbonyl (C=S) groups is 1. The lowest BCUT2D eigenvalue weighted by atomic mass is 9.74. The highest BCUT2D eigenvalue weighted by Gasteiger charge is 2.34. The van der Waals surface area contributed by atoms with E-state index in [-0.39, 0.29) is 5.41 Å². The number of hydrogen-bond donors (Lipinski definition) is 2. The quantitative estimate of drug-likeness (QED) is 0.471. The summed E-state index contributed by atoms with van der Waals surface area (Å²) in [7, 11) is 0. The molecule has 0 atom stereocenters. The lowest BCUT2D eigenvalue weighted by Gasteiger charge is -2.38. The van der Waals surface area contributed by atoms with Gasteiger partial charge in [0.2, 0.25) is 5.95 Å². The van der Waals surface area contributed by atoms with E-state index >= 15 is 0 Å². The molecule has 0 saturated carbocycles. The van der Waals surface area contributed by atoms with Gasteiger partial charge in [-0.25, -0.2) is 4.98 Å². The third kappa shape index (κ3) is 5.77. The molecule has 2 fully saturated rings. The summed E-state index contributed by atoms with van der Waals surface area (Å²) < 4.78 is 5.61. The van der Waals surface area contributed by atoms with Gasteiger partial charge in [0.15, 0.2) is 5.11 Å². The molecular formula is C22H27Cl2N5OS. The zero-order valence-electron chi connectivity index (χ0n) is 17.4. The molecule has 2 aliphatic heterocycles. The van der Waals surface area contributed by atoms with Gasteiger partial charge in [-0.1, -0.05) is 35.3 Å². The summed E-state index contributed by atoms with van der Waals surface area (Å²) in [4.78, 5) is 11.2. The molecule has 2 saturated heterocycles. The summed E-state index contributed by atoms with van der Waals surface area (Å²) in [5, 5.41) is 8.09. The third-order valence-electron chi connectivity index (χ3n) is 6.06. The van der Waals surface area contributed by atoms with Crippen LogP contribution in [0.5, 0.6) is 0 Å². The first-order valence-electron chi connectivity index (χ1n) is 10.7. The normalized spacial score (nSPS) is 18.5. The minimum Gasteiger partial charge on any atom is -0.381 e. The van der Waals surface area contributed by atoms with Crippen molar-refractivity contribution < 1.29 is 4.74 Å². The molecule has 3 heterocycles. The first-order chi connectivity index (χ1) is 15.0. The van der Waals surface area contributed by atoms with Crippen molar-refractivity contribution in [1.82, 2.24) is 15.3 Å². The number of halogens is 2. The number of ether oxygens (including phenoxy) is 1. The van der Waals surface area contributed by atoms with Crippen molar-refractivity contribution in [2.45, 2.75) is 37.5 Å². The SMILES string of the molecule is S=C(NCC1(c2cccc(Cl)c2)CCOCC1)Nc1nc(Cl)cc(N2CCCCC2)n1. The third-order valence-corrected chi connectivity index (χ3v) is 6.74. The Balaban J connectivity index is 1.43. The lowest BCUT2D eigenvalue weighted by Crippen LogP contribution is -2.45. The maximum absolute atomic E-state index is 6.27. The Labute approximate surface area is 198 Å². The monoisotopic (exact) mass is 479 g/mol. The van der Waals surface area contributed by atoms with Gasteiger partial charge in [0.25, 0.3) is 0 Å². The van der Waals surface area contributed by atoms with E-state index in [1.54, 1.807) is 0 Å². The van der Waals surface area contributed by atoms with Crippen molar-refractivity contribution >= 4 is 52.3 Å². The summed E-state index contributed by atoms with van der Waals surface area (Å²) >= 11 is 18.1. The summed E-state index contributed by atoms with van der Waals surface area (Å²) in [6.07, 6.45) is 5.39. The fourth-order valence-electron chi connectivity index (χ4n) is 4.29. The van der Waals surface area contributed by atoms with Crippen molar-refractivity contribution in [3.05, 3.63) is 46.1 Å². The molecule has 2 aromatic rings. The average Bonchev–Trinajstić information content (AvgIpc) is 2.78. The lowest BCUT2D eigenvalue weighted by molar-refractivity contribution is 0.0515. The predicted molar refractivity (Wildman–Crippen MR) is 131 cm³/mol. The number of piperidine rings is 1. The summed E-state index contributed by atoms with van der Waals surface area (Å²) in [5.41, 5.74) is 1.10. The Morgan fingerprint density at radius 1 is 1.10 bits per heavy atom. The number of hydrogen-bond acceptors (Lipinski definition) is 5. The minimum absolute atomic E-state index is 0.0942. The van der Waals surface area contributed by atoms with Gasteiger partial charge < -0.3 is 20.3 Å². The summed E-state index contributed by atoms with van der Waals surface area (Å²) in [6, 6.07) is 9.86. The smallest absolute Gasteiger partial charge is 0.232 e. The van der Waals surface area contributed by atoms with Crippen molar-refractivity contribution in [2.24, 2.45) is 0 Å². The zero-order valence-corrected chi connectivity index (χ0v) is 19.7. The molecule has 2 aliphatic rings. The van der Waals surface area contributed by atoms with E-state index in [0.717, 1.165) is 36.8 Å². The van der Waals surface area contributed by atoms with Gasteiger partial charge in [-0.2, -0.15) is 4.98 Å². The van der Waals surface area contributed by atoms with Crippen LogP contribution in [0.3, 0.4) is 0 Å². The largest absolute Gasteiger partial charge is 0.381 e. The van der Waals surface area contributed by atoms with Crippen LogP contribution in [0.15, 0.2) is 30.3 Å². The molecule has 0 amide bonds. The summed E-state index contributed by atoms with van der Waals surface area (Å²) in [6.45, 7) is 4.07. The van der Waals surface area contributed by atoms with E-state index in [1.807, 2.05) is 24.3 Å². The number of rotatable bonds is 5. The van der Waals surface area contributed by atoms with Crippen molar-refractivity contribution in [3.8, 4) is 0 Å². The van der Waals surface area contributed by atoms with Gasteiger partial charge in [0, 0.05) is 49.4 Å². The fourth-order valence-corrected chi connectivity index (χ4v) is 4.82. The molecule has 0 aliphatic carbocycles. The molecule has 31 heavy (non-hydrogen) atoms. The molecule has 4 rings (SSSR count). The molecule has 6 nitrogen and oxygen atoms in total. The van der Waals surface area contributed by atoms with Crippen LogP contribution in [0.1, 0.15) is 37.7 Å². The molecule has 1 aromatic heterocycles. The highest BCUT2D eigenvalue weighted by atomic mass is 35.5. The van der Waals surface area contributed by atoms with Crippen molar-refractivity contribution in [3.63, 3.8) is 0 Å². The molecule has 0 unspecified atom stereocenters. The van der Waals surface area contributed by atoms with E-state index in [2.05, 4.69) is 31.6 Å². The van der Waals surface area contributed by atoms with Crippen LogP contribution in [0, 0.1) is 0 Å². The van der Waals surface area contributed by atoms with Crippen LogP contribution in [0.25, 0.3) is 0 Å². The van der Waals surface area contributed by atoms with Crippen LogP contribution in [-0.4, -0.2) is 47.9 Å². The summed E-state index contributed by atoms with van der Waals surface area (Å²) in [5.74, 6) is 1.25. The second-order valence-electron chi connectivity index (χ2n) is 8.13. The minimum atomic E-state index is -0.0942. The molecule has 0 radical (unpaired) electrons. The molecule has 0 spiro atoms. The van der Waals surface area contributed by atoms with Gasteiger partial charge >= 0.3 is 0 Å². The second kappa shape index (κ2) is 10.3. The van der Waals surface area contributed by atoms with Crippen molar-refractivity contribution in [1.29, 1.82) is 0 Å². The van der Waals surface area contributed by atoms with Gasteiger partial charge in [0.05, 0.1) is 0 Å². The molecule has 0 bridgehead atoms. The standard InChI is InChI=1S/C22H27Cl2N5OS/c23-17-6-4-5-16(13-17)22(7-11-30-12-8-22)15-25-21(31)28-20-26-18(24)14-19(27-20)29-9-2-1-3-10-29/h4-6,13-14H,1-3,7-12,15H2,(H2,25,26,27,28,31). The predicted octanol–water partition coefficient (Wildman–Crippen LogP) is 4.81. The Morgan fingerprint density at radius 3 is 2.61 bits per heavy atom. The first kappa shape index (κ1) is 22.5. The molecular weight excluding hydrogens is 453 g/mol. The van der Waals surface area contributed by atoms with Gasteiger partial charge in [-0.3, -0.25) is 0 Å². The highest BCUT2D eigenvalue weighted by Crippen LogP contribution is 2.35. The van der Waals surface area contributed by atoms with Crippen molar-refractivity contribution in [2.75, 3.05) is 43.1 Å². The van der Waals surface area contributed by atoms with Crippen LogP contribution < -0.4 is 15.5 Å². The van der Waals surface area contributed by atoms with E-state index in [0.29, 0.717) is 36.0 Å². The van der Waals surface area contributed by atoms with E-state index in [4.69, 9.17) is 40.2 Å². The zero-order chi connectivity index (χ0) is 21.7. The molecule has 166 valence electrons. The van der Waals surface area contributed by atoms with E-state index in [1.165, 1.54) is 24.8 Å². The molecule has 1 aromatic carbocycles. The second-order valence-corrected chi connectivity index (χ2v) is 9.36. The van der Waals surface area contributed by atoms with Crippen LogP contribution in [0.2, 0.25) is 10.2 Å². The van der Waals surface area contributed by atoms with Crippen LogP contribution in [0.4, 0.5) is 11.8 Å². The number of anilines is 2. The number of aromatic nitrogens is 2. The first-order valence-corrected chi connectivity index (χ1v) is 11.9. The van der Waals surface area contributed by atoms with Gasteiger partial charge in [-0.15, -0.1) is 0 Å². The number of nitrogens with zero attached hydrogens (tertiary/aromatic N) is 3. The Hall–Kier alpha value is -1.67. The maximum Gasteiger partial charge on any atom is 0.232 e. The van der Waals surface area contributed by atoms with E-state index in [9.17, 15) is 0 Å². The number of nitrogens with one attached hydrogen (secondary N) is 2. The molecule has 2 N–H and O–H groups in total. The van der Waals surface area contributed by atoms with Crippen LogP contribution >= 0.6 is 35.4 Å². The van der Waals surface area contributed by atoms with Gasteiger partial charge in [0.1, 0.15) is 11.0 Å². The topological polar surface area (TPSA) is 62.3 Å². The molecule has 9 heteroatoms. The average molecular weight is 480 g/mol. The Morgan fingerprint density at radius 2 is 1.87 bits per heavy atom. The highest BCUT2D eigenvalue weighted by molar-refractivity contribution is 7.80. The maximum atomic E-state index is 6.27. The van der Waals surface area contributed by atoms with Crippen LogP contribution in [-0.2, 0) is 10.2 Å². The fraction of sp³-hybridized carbons (Fsp3) is 0.500. The van der Waals surface area contributed by atoms with Gasteiger partial charge in [-0.05, 0) is 62.0 Å². The number of benzene rings is 1. The van der Waals surface area contributed by atoms with E-state index < -0.39 is 0 Å². The Kier molecular flexibility index (Phi) is 7.48. The Bertz CT molecular complexity index is 917.